The number of nitrogens with two attached hydrogens (primary N) is 1. The first-order valence-corrected chi connectivity index (χ1v) is 7.58. The fourth-order valence-corrected chi connectivity index (χ4v) is 2.94. The fraction of sp³-hybridized carbons (Fsp3) is 0.600. The Morgan fingerprint density at radius 2 is 1.95 bits per heavy atom. The first-order valence-electron chi connectivity index (χ1n) is 7.20. The van der Waals surface area contributed by atoms with Crippen LogP contribution in [-0.4, -0.2) is 44.2 Å². The minimum atomic E-state index is 0.670. The maximum atomic E-state index is 6.09. The zero-order valence-electron chi connectivity index (χ0n) is 11.7. The lowest BCUT2D eigenvalue weighted by molar-refractivity contribution is 0.258. The third-order valence-corrected chi connectivity index (χ3v) is 3.94. The summed E-state index contributed by atoms with van der Waals surface area (Å²) in [5.74, 6) is 0. The lowest BCUT2D eigenvalue weighted by Gasteiger charge is -2.37. The van der Waals surface area contributed by atoms with Gasteiger partial charge in [-0.2, -0.15) is 0 Å². The molecule has 1 aromatic carbocycles. The van der Waals surface area contributed by atoms with Gasteiger partial charge >= 0.3 is 0 Å². The lowest BCUT2D eigenvalue weighted by atomic mass is 10.1. The predicted octanol–water partition coefficient (Wildman–Crippen LogP) is 2.37. The topological polar surface area (TPSA) is 32.5 Å². The number of hydrogen-bond acceptors (Lipinski definition) is 3. The standard InChI is InChI=1S/C15H24ClN3/c1-2-7-18-8-10-19(11-9-18)15-4-3-14(16)12-13(15)5-6-17/h3-4,12H,2,5-11,17H2,1H3. The molecule has 1 aromatic rings. The second-order valence-electron chi connectivity index (χ2n) is 5.14. The van der Waals surface area contributed by atoms with Gasteiger partial charge in [-0.3, -0.25) is 4.90 Å². The number of benzene rings is 1. The van der Waals surface area contributed by atoms with Crippen molar-refractivity contribution in [1.82, 2.24) is 4.90 Å². The van der Waals surface area contributed by atoms with Crippen LogP contribution in [-0.2, 0) is 6.42 Å². The van der Waals surface area contributed by atoms with Crippen molar-refractivity contribution in [1.29, 1.82) is 0 Å². The molecular weight excluding hydrogens is 258 g/mol. The second-order valence-corrected chi connectivity index (χ2v) is 5.58. The number of halogens is 1. The van der Waals surface area contributed by atoms with Crippen LogP contribution in [0.5, 0.6) is 0 Å². The lowest BCUT2D eigenvalue weighted by Crippen LogP contribution is -2.46. The number of rotatable bonds is 5. The van der Waals surface area contributed by atoms with E-state index in [1.165, 1.54) is 24.2 Å². The van der Waals surface area contributed by atoms with Gasteiger partial charge in [0.15, 0.2) is 0 Å². The van der Waals surface area contributed by atoms with Gasteiger partial charge in [-0.05, 0) is 49.7 Å². The molecule has 106 valence electrons. The monoisotopic (exact) mass is 281 g/mol. The first-order chi connectivity index (χ1) is 9.24. The van der Waals surface area contributed by atoms with Gasteiger partial charge in [-0.25, -0.2) is 0 Å². The summed E-state index contributed by atoms with van der Waals surface area (Å²) in [5.41, 5.74) is 8.29. The highest BCUT2D eigenvalue weighted by Gasteiger charge is 2.18. The van der Waals surface area contributed by atoms with E-state index in [0.29, 0.717) is 6.54 Å². The minimum absolute atomic E-state index is 0.670. The van der Waals surface area contributed by atoms with Crippen molar-refractivity contribution in [3.05, 3.63) is 28.8 Å². The Morgan fingerprint density at radius 3 is 2.58 bits per heavy atom. The molecule has 1 aliphatic rings. The van der Waals surface area contributed by atoms with E-state index in [9.17, 15) is 0 Å². The van der Waals surface area contributed by atoms with Crippen LogP contribution in [0, 0.1) is 0 Å². The van der Waals surface area contributed by atoms with E-state index in [0.717, 1.165) is 37.6 Å². The smallest absolute Gasteiger partial charge is 0.0410 e. The molecule has 0 saturated carbocycles. The van der Waals surface area contributed by atoms with Gasteiger partial charge in [0, 0.05) is 36.9 Å². The largest absolute Gasteiger partial charge is 0.369 e. The number of piperazine rings is 1. The van der Waals surface area contributed by atoms with Crippen LogP contribution >= 0.6 is 11.6 Å². The van der Waals surface area contributed by atoms with E-state index in [1.54, 1.807) is 0 Å². The average molecular weight is 282 g/mol. The summed E-state index contributed by atoms with van der Waals surface area (Å²) in [6.07, 6.45) is 2.13. The fourth-order valence-electron chi connectivity index (χ4n) is 2.75. The quantitative estimate of drug-likeness (QED) is 0.899. The Hall–Kier alpha value is -0.770. The predicted molar refractivity (Wildman–Crippen MR) is 83.2 cm³/mol. The van der Waals surface area contributed by atoms with Crippen molar-refractivity contribution >= 4 is 17.3 Å². The molecule has 3 nitrogen and oxygen atoms in total. The highest BCUT2D eigenvalue weighted by atomic mass is 35.5. The van der Waals surface area contributed by atoms with Crippen molar-refractivity contribution in [3.63, 3.8) is 0 Å². The van der Waals surface area contributed by atoms with Crippen LogP contribution in [0.15, 0.2) is 18.2 Å². The summed E-state index contributed by atoms with van der Waals surface area (Å²) in [4.78, 5) is 5.00. The zero-order chi connectivity index (χ0) is 13.7. The van der Waals surface area contributed by atoms with Gasteiger partial charge in [-0.15, -0.1) is 0 Å². The van der Waals surface area contributed by atoms with E-state index < -0.39 is 0 Å². The second kappa shape index (κ2) is 7.13. The molecule has 0 radical (unpaired) electrons. The molecule has 1 aliphatic heterocycles. The Bertz CT molecular complexity index is 400. The van der Waals surface area contributed by atoms with Gasteiger partial charge in [0.05, 0.1) is 0 Å². The minimum Gasteiger partial charge on any atom is -0.369 e. The number of anilines is 1. The van der Waals surface area contributed by atoms with Gasteiger partial charge in [0.25, 0.3) is 0 Å². The molecule has 0 aromatic heterocycles. The Morgan fingerprint density at radius 1 is 1.21 bits per heavy atom. The highest BCUT2D eigenvalue weighted by Crippen LogP contribution is 2.25. The molecular formula is C15H24ClN3. The van der Waals surface area contributed by atoms with Gasteiger partial charge in [0.1, 0.15) is 0 Å². The maximum Gasteiger partial charge on any atom is 0.0410 e. The van der Waals surface area contributed by atoms with Crippen molar-refractivity contribution in [2.45, 2.75) is 19.8 Å². The first kappa shape index (κ1) is 14.6. The van der Waals surface area contributed by atoms with Crippen LogP contribution in [0.3, 0.4) is 0 Å². The maximum absolute atomic E-state index is 6.09. The van der Waals surface area contributed by atoms with Crippen LogP contribution in [0.1, 0.15) is 18.9 Å². The van der Waals surface area contributed by atoms with Crippen LogP contribution < -0.4 is 10.6 Å². The third-order valence-electron chi connectivity index (χ3n) is 3.71. The summed E-state index contributed by atoms with van der Waals surface area (Å²) in [6.45, 7) is 8.62. The van der Waals surface area contributed by atoms with Crippen molar-refractivity contribution in [2.24, 2.45) is 5.73 Å². The summed E-state index contributed by atoms with van der Waals surface area (Å²) in [5, 5.41) is 0.803. The molecule has 1 fully saturated rings. The molecule has 19 heavy (non-hydrogen) atoms. The zero-order valence-corrected chi connectivity index (χ0v) is 12.5. The molecule has 2 rings (SSSR count). The summed E-state index contributed by atoms with van der Waals surface area (Å²) < 4.78 is 0. The van der Waals surface area contributed by atoms with E-state index >= 15 is 0 Å². The van der Waals surface area contributed by atoms with Crippen molar-refractivity contribution in [2.75, 3.05) is 44.2 Å². The highest BCUT2D eigenvalue weighted by molar-refractivity contribution is 6.30. The molecule has 4 heteroatoms. The van der Waals surface area contributed by atoms with E-state index in [2.05, 4.69) is 28.9 Å². The van der Waals surface area contributed by atoms with Crippen LogP contribution in [0.25, 0.3) is 0 Å². The molecule has 0 bridgehead atoms. The third kappa shape index (κ3) is 3.85. The molecule has 0 atom stereocenters. The molecule has 0 aliphatic carbocycles. The average Bonchev–Trinajstić information content (AvgIpc) is 2.41. The van der Waals surface area contributed by atoms with E-state index in [1.807, 2.05) is 6.07 Å². The molecule has 0 unspecified atom stereocenters. The van der Waals surface area contributed by atoms with Gasteiger partial charge in [-0.1, -0.05) is 18.5 Å². The van der Waals surface area contributed by atoms with Crippen molar-refractivity contribution in [3.8, 4) is 0 Å². The molecule has 1 saturated heterocycles. The van der Waals surface area contributed by atoms with E-state index in [-0.39, 0.29) is 0 Å². The Balaban J connectivity index is 2.06. The van der Waals surface area contributed by atoms with E-state index in [4.69, 9.17) is 17.3 Å². The van der Waals surface area contributed by atoms with Crippen LogP contribution in [0.4, 0.5) is 5.69 Å². The molecule has 1 heterocycles. The van der Waals surface area contributed by atoms with Crippen LogP contribution in [0.2, 0.25) is 5.02 Å². The normalized spacial score (nSPS) is 16.9. The Kier molecular flexibility index (Phi) is 5.49. The molecule has 0 spiro atoms. The molecule has 0 amide bonds. The van der Waals surface area contributed by atoms with Gasteiger partial charge < -0.3 is 10.6 Å². The Labute approximate surface area is 121 Å². The molecule has 2 N–H and O–H groups in total. The summed E-state index contributed by atoms with van der Waals surface area (Å²) in [7, 11) is 0. The summed E-state index contributed by atoms with van der Waals surface area (Å²) >= 11 is 6.09. The SMILES string of the molecule is CCCN1CCN(c2ccc(Cl)cc2CCN)CC1. The van der Waals surface area contributed by atoms with Crippen molar-refractivity contribution < 1.29 is 0 Å². The van der Waals surface area contributed by atoms with Gasteiger partial charge in [0.2, 0.25) is 0 Å². The summed E-state index contributed by atoms with van der Waals surface area (Å²) in [6, 6.07) is 6.18. The number of hydrogen-bond donors (Lipinski definition) is 1. The number of nitrogens with zero attached hydrogens (tertiary/aromatic N) is 2.